The van der Waals surface area contributed by atoms with Crippen molar-refractivity contribution in [2.75, 3.05) is 7.11 Å². The molecule has 4 heteroatoms. The van der Waals surface area contributed by atoms with Crippen LogP contribution in [0.3, 0.4) is 0 Å². The normalized spacial score (nSPS) is 10.7. The first-order chi connectivity index (χ1) is 12.7. The summed E-state index contributed by atoms with van der Waals surface area (Å²) in [5.41, 5.74) is 2.99. The highest BCUT2D eigenvalue weighted by Gasteiger charge is 2.06. The van der Waals surface area contributed by atoms with Crippen LogP contribution in [0.15, 0.2) is 73.1 Å². The monoisotopic (exact) mass is 345 g/mol. The Morgan fingerprint density at radius 2 is 1.42 bits per heavy atom. The Morgan fingerprint density at radius 3 is 2.04 bits per heavy atom. The Kier molecular flexibility index (Phi) is 5.78. The van der Waals surface area contributed by atoms with Crippen molar-refractivity contribution < 1.29 is 14.3 Å². The third-order valence-corrected chi connectivity index (χ3v) is 3.79. The van der Waals surface area contributed by atoms with Gasteiger partial charge in [0, 0.05) is 12.4 Å². The third kappa shape index (κ3) is 5.05. The van der Waals surface area contributed by atoms with Gasteiger partial charge in [0.05, 0.1) is 13.5 Å². The van der Waals surface area contributed by atoms with Gasteiger partial charge in [-0.15, -0.1) is 0 Å². The van der Waals surface area contributed by atoms with Gasteiger partial charge in [0.25, 0.3) is 0 Å². The minimum absolute atomic E-state index is 0.216. The van der Waals surface area contributed by atoms with E-state index in [1.54, 1.807) is 31.6 Å². The van der Waals surface area contributed by atoms with E-state index in [9.17, 15) is 4.79 Å². The molecular weight excluding hydrogens is 326 g/mol. The minimum Gasteiger partial charge on any atom is -0.497 e. The van der Waals surface area contributed by atoms with Crippen LogP contribution in [0.4, 0.5) is 0 Å². The quantitative estimate of drug-likeness (QED) is 0.490. The molecule has 0 fully saturated rings. The summed E-state index contributed by atoms with van der Waals surface area (Å²) in [6.45, 7) is 0. The van der Waals surface area contributed by atoms with Crippen molar-refractivity contribution in [3.63, 3.8) is 0 Å². The average Bonchev–Trinajstić information content (AvgIpc) is 2.69. The van der Waals surface area contributed by atoms with Crippen molar-refractivity contribution in [3.8, 4) is 11.5 Å². The lowest BCUT2D eigenvalue weighted by Gasteiger charge is -2.06. The van der Waals surface area contributed by atoms with Crippen LogP contribution in [0.5, 0.6) is 11.5 Å². The van der Waals surface area contributed by atoms with Gasteiger partial charge in [-0.1, -0.05) is 36.4 Å². The summed E-state index contributed by atoms with van der Waals surface area (Å²) in [6.07, 6.45) is 7.73. The van der Waals surface area contributed by atoms with E-state index in [0.29, 0.717) is 5.75 Å². The van der Waals surface area contributed by atoms with Crippen LogP contribution in [0.2, 0.25) is 0 Å². The molecule has 0 atom stereocenters. The van der Waals surface area contributed by atoms with Gasteiger partial charge < -0.3 is 9.47 Å². The molecule has 3 rings (SSSR count). The van der Waals surface area contributed by atoms with Crippen molar-refractivity contribution >= 4 is 18.1 Å². The van der Waals surface area contributed by atoms with Gasteiger partial charge in [-0.2, -0.15) is 0 Å². The fourth-order valence-corrected chi connectivity index (χ4v) is 2.39. The first-order valence-corrected chi connectivity index (χ1v) is 8.25. The number of methoxy groups -OCH3 is 1. The second kappa shape index (κ2) is 8.62. The molecular formula is C22H19NO3. The smallest absolute Gasteiger partial charge is 0.315 e. The molecule has 0 aliphatic heterocycles. The molecule has 0 bridgehead atoms. The summed E-state index contributed by atoms with van der Waals surface area (Å²) in [7, 11) is 1.61. The number of nitrogens with zero attached hydrogens (tertiary/aromatic N) is 1. The van der Waals surface area contributed by atoms with Gasteiger partial charge in [0.2, 0.25) is 0 Å². The zero-order valence-electron chi connectivity index (χ0n) is 14.5. The van der Waals surface area contributed by atoms with Gasteiger partial charge in [-0.25, -0.2) is 0 Å². The molecule has 0 aliphatic carbocycles. The summed E-state index contributed by atoms with van der Waals surface area (Å²) in [4.78, 5) is 16.0. The van der Waals surface area contributed by atoms with Crippen molar-refractivity contribution in [1.29, 1.82) is 0 Å². The van der Waals surface area contributed by atoms with E-state index in [1.165, 1.54) is 0 Å². The van der Waals surface area contributed by atoms with Gasteiger partial charge in [-0.05, 0) is 53.1 Å². The zero-order chi connectivity index (χ0) is 18.2. The molecule has 2 aromatic carbocycles. The molecule has 0 saturated heterocycles. The minimum atomic E-state index is -0.296. The molecule has 0 unspecified atom stereocenters. The van der Waals surface area contributed by atoms with E-state index in [4.69, 9.17) is 9.47 Å². The van der Waals surface area contributed by atoms with E-state index in [-0.39, 0.29) is 12.4 Å². The van der Waals surface area contributed by atoms with E-state index in [0.717, 1.165) is 22.4 Å². The molecule has 0 aliphatic rings. The topological polar surface area (TPSA) is 48.4 Å². The number of carbonyl (C=O) groups excluding carboxylic acids is 1. The lowest BCUT2D eigenvalue weighted by molar-refractivity contribution is -0.133. The summed E-state index contributed by atoms with van der Waals surface area (Å²) < 4.78 is 10.5. The number of ether oxygens (including phenoxy) is 2. The fourth-order valence-electron chi connectivity index (χ4n) is 2.39. The number of benzene rings is 2. The molecule has 0 N–H and O–H groups in total. The second-order valence-corrected chi connectivity index (χ2v) is 5.68. The Balaban J connectivity index is 1.56. The van der Waals surface area contributed by atoms with Gasteiger partial charge >= 0.3 is 5.97 Å². The highest BCUT2D eigenvalue weighted by molar-refractivity contribution is 5.75. The lowest BCUT2D eigenvalue weighted by Crippen LogP contribution is -2.11. The molecule has 0 spiro atoms. The first-order valence-electron chi connectivity index (χ1n) is 8.25. The third-order valence-electron chi connectivity index (χ3n) is 3.79. The highest BCUT2D eigenvalue weighted by atomic mass is 16.5. The van der Waals surface area contributed by atoms with Gasteiger partial charge in [0.1, 0.15) is 11.5 Å². The van der Waals surface area contributed by atoms with Crippen LogP contribution in [0.25, 0.3) is 12.2 Å². The van der Waals surface area contributed by atoms with Crippen molar-refractivity contribution in [2.24, 2.45) is 0 Å². The molecule has 3 aromatic rings. The maximum atomic E-state index is 12.1. The van der Waals surface area contributed by atoms with E-state index in [2.05, 4.69) is 4.98 Å². The molecule has 130 valence electrons. The van der Waals surface area contributed by atoms with Crippen molar-refractivity contribution in [2.45, 2.75) is 6.42 Å². The summed E-state index contributed by atoms with van der Waals surface area (Å²) in [5, 5.41) is 0. The maximum absolute atomic E-state index is 12.1. The Bertz CT molecular complexity index is 870. The van der Waals surface area contributed by atoms with Crippen LogP contribution < -0.4 is 9.47 Å². The summed E-state index contributed by atoms with van der Waals surface area (Å²) in [6, 6.07) is 18.6. The largest absolute Gasteiger partial charge is 0.497 e. The first kappa shape index (κ1) is 17.4. The number of hydrogen-bond acceptors (Lipinski definition) is 4. The Labute approximate surface area is 152 Å². The Hall–Kier alpha value is -3.40. The standard InChI is InChI=1S/C22H19NO3/c1-25-20-8-6-19(7-9-20)16-22(24)26-21-10-4-17(5-11-21)2-3-18-12-14-23-15-13-18/h2-15H,16H2,1H3/b3-2+. The Morgan fingerprint density at radius 1 is 0.846 bits per heavy atom. The second-order valence-electron chi connectivity index (χ2n) is 5.68. The molecule has 0 radical (unpaired) electrons. The van der Waals surface area contributed by atoms with Crippen LogP contribution >= 0.6 is 0 Å². The summed E-state index contributed by atoms with van der Waals surface area (Å²) in [5.74, 6) is 0.998. The molecule has 0 amide bonds. The molecule has 26 heavy (non-hydrogen) atoms. The maximum Gasteiger partial charge on any atom is 0.315 e. The number of pyridine rings is 1. The average molecular weight is 345 g/mol. The van der Waals surface area contributed by atoms with Crippen LogP contribution in [0.1, 0.15) is 16.7 Å². The summed E-state index contributed by atoms with van der Waals surface area (Å²) >= 11 is 0. The number of esters is 1. The SMILES string of the molecule is COc1ccc(CC(=O)Oc2ccc(/C=C/c3ccncc3)cc2)cc1. The fraction of sp³-hybridized carbons (Fsp3) is 0.0909. The van der Waals surface area contributed by atoms with Crippen LogP contribution in [-0.2, 0) is 11.2 Å². The zero-order valence-corrected chi connectivity index (χ0v) is 14.5. The lowest BCUT2D eigenvalue weighted by atomic mass is 10.1. The highest BCUT2D eigenvalue weighted by Crippen LogP contribution is 2.16. The van der Waals surface area contributed by atoms with E-state index >= 15 is 0 Å². The van der Waals surface area contributed by atoms with Gasteiger partial charge in [0.15, 0.2) is 0 Å². The molecule has 4 nitrogen and oxygen atoms in total. The number of carbonyl (C=O) groups is 1. The van der Waals surface area contributed by atoms with Crippen molar-refractivity contribution in [3.05, 3.63) is 89.7 Å². The number of hydrogen-bond donors (Lipinski definition) is 0. The molecule has 1 aromatic heterocycles. The predicted octanol–water partition coefficient (Wildman–Crippen LogP) is 4.41. The van der Waals surface area contributed by atoms with E-state index in [1.807, 2.05) is 60.7 Å². The molecule has 1 heterocycles. The number of aromatic nitrogens is 1. The van der Waals surface area contributed by atoms with Crippen molar-refractivity contribution in [1.82, 2.24) is 4.98 Å². The van der Waals surface area contributed by atoms with Crippen LogP contribution in [0, 0.1) is 0 Å². The number of rotatable bonds is 6. The van der Waals surface area contributed by atoms with Gasteiger partial charge in [-0.3, -0.25) is 9.78 Å². The predicted molar refractivity (Wildman–Crippen MR) is 102 cm³/mol. The van der Waals surface area contributed by atoms with E-state index < -0.39 is 0 Å². The molecule has 0 saturated carbocycles. The van der Waals surface area contributed by atoms with Crippen LogP contribution in [-0.4, -0.2) is 18.1 Å².